The van der Waals surface area contributed by atoms with Gasteiger partial charge in [0.1, 0.15) is 5.76 Å². The monoisotopic (exact) mass is 310 g/mol. The van der Waals surface area contributed by atoms with Gasteiger partial charge in [0.15, 0.2) is 0 Å². The van der Waals surface area contributed by atoms with Crippen molar-refractivity contribution < 1.29 is 4.42 Å². The molecule has 4 aromatic rings. The van der Waals surface area contributed by atoms with Crippen molar-refractivity contribution in [2.45, 2.75) is 6.54 Å². The van der Waals surface area contributed by atoms with Gasteiger partial charge < -0.3 is 9.73 Å². The minimum Gasteiger partial charge on any atom is -0.467 e. The SMILES string of the molecule is Cl.c1coc(CNc2c3ccccc3nc3ccccc23)c1. The third kappa shape index (κ3) is 2.51. The zero-order chi connectivity index (χ0) is 14.1. The lowest BCUT2D eigenvalue weighted by Crippen LogP contribution is -2.00. The fraction of sp³-hybridized carbons (Fsp3) is 0.0556. The highest BCUT2D eigenvalue weighted by molar-refractivity contribution is 6.07. The number of halogens is 1. The van der Waals surface area contributed by atoms with E-state index in [1.807, 2.05) is 48.5 Å². The van der Waals surface area contributed by atoms with Gasteiger partial charge in [-0.15, -0.1) is 12.4 Å². The number of hydrogen-bond acceptors (Lipinski definition) is 3. The summed E-state index contributed by atoms with van der Waals surface area (Å²) in [5.74, 6) is 0.917. The molecule has 0 saturated carbocycles. The molecule has 0 fully saturated rings. The Kier molecular flexibility index (Phi) is 3.98. The first kappa shape index (κ1) is 14.4. The molecule has 4 rings (SSSR count). The number of hydrogen-bond donors (Lipinski definition) is 1. The third-order valence-electron chi connectivity index (χ3n) is 3.61. The van der Waals surface area contributed by atoms with Gasteiger partial charge in [0.25, 0.3) is 0 Å². The molecule has 0 atom stereocenters. The molecule has 0 saturated heterocycles. The van der Waals surface area contributed by atoms with Crippen molar-refractivity contribution in [3.05, 3.63) is 72.7 Å². The molecule has 0 aliphatic heterocycles. The van der Waals surface area contributed by atoms with Gasteiger partial charge in [-0.25, -0.2) is 4.98 Å². The van der Waals surface area contributed by atoms with Crippen molar-refractivity contribution in [2.75, 3.05) is 5.32 Å². The summed E-state index contributed by atoms with van der Waals surface area (Å²) in [7, 11) is 0. The van der Waals surface area contributed by atoms with Gasteiger partial charge in [0, 0.05) is 10.8 Å². The molecular weight excluding hydrogens is 296 g/mol. The number of pyridine rings is 1. The minimum atomic E-state index is 0. The summed E-state index contributed by atoms with van der Waals surface area (Å²) in [6.45, 7) is 0.658. The Morgan fingerprint density at radius 2 is 1.45 bits per heavy atom. The zero-order valence-corrected chi connectivity index (χ0v) is 12.6. The average molecular weight is 311 g/mol. The molecule has 110 valence electrons. The highest BCUT2D eigenvalue weighted by Crippen LogP contribution is 2.30. The predicted molar refractivity (Wildman–Crippen MR) is 92.5 cm³/mol. The fourth-order valence-electron chi connectivity index (χ4n) is 2.62. The standard InChI is InChI=1S/C18H14N2O.ClH/c1-3-9-16-14(7-1)18(19-12-13-6-5-11-21-13)15-8-2-4-10-17(15)20-16;/h1-11H,12H2,(H,19,20);1H. The van der Waals surface area contributed by atoms with Gasteiger partial charge in [-0.1, -0.05) is 36.4 Å². The maximum Gasteiger partial charge on any atom is 0.122 e. The van der Waals surface area contributed by atoms with Crippen LogP contribution in [0, 0.1) is 0 Å². The van der Waals surface area contributed by atoms with Crippen LogP contribution in [0.2, 0.25) is 0 Å². The maximum absolute atomic E-state index is 5.40. The Morgan fingerprint density at radius 1 is 0.818 bits per heavy atom. The molecule has 2 aromatic heterocycles. The molecule has 0 bridgehead atoms. The second kappa shape index (κ2) is 6.08. The zero-order valence-electron chi connectivity index (χ0n) is 11.8. The molecule has 22 heavy (non-hydrogen) atoms. The number of nitrogens with one attached hydrogen (secondary N) is 1. The quantitative estimate of drug-likeness (QED) is 0.540. The van der Waals surface area contributed by atoms with Crippen LogP contribution in [-0.4, -0.2) is 4.98 Å². The number of anilines is 1. The lowest BCUT2D eigenvalue weighted by molar-refractivity contribution is 0.518. The lowest BCUT2D eigenvalue weighted by Gasteiger charge is -2.12. The van der Waals surface area contributed by atoms with Crippen LogP contribution < -0.4 is 5.32 Å². The Morgan fingerprint density at radius 3 is 2.05 bits per heavy atom. The van der Waals surface area contributed by atoms with Crippen molar-refractivity contribution in [3.8, 4) is 0 Å². The summed E-state index contributed by atoms with van der Waals surface area (Å²) in [6, 6.07) is 20.3. The fourth-order valence-corrected chi connectivity index (χ4v) is 2.62. The van der Waals surface area contributed by atoms with Gasteiger partial charge in [-0.2, -0.15) is 0 Å². The molecular formula is C18H15ClN2O. The Balaban J connectivity index is 0.00000144. The summed E-state index contributed by atoms with van der Waals surface area (Å²) < 4.78 is 5.40. The topological polar surface area (TPSA) is 38.1 Å². The molecule has 0 spiro atoms. The molecule has 4 heteroatoms. The van der Waals surface area contributed by atoms with Crippen LogP contribution in [0.3, 0.4) is 0 Å². The van der Waals surface area contributed by atoms with Crippen molar-refractivity contribution in [1.29, 1.82) is 0 Å². The predicted octanol–water partition coefficient (Wildman–Crippen LogP) is 5.01. The van der Waals surface area contributed by atoms with Gasteiger partial charge in [0.2, 0.25) is 0 Å². The van der Waals surface area contributed by atoms with E-state index in [4.69, 9.17) is 9.40 Å². The molecule has 3 nitrogen and oxygen atoms in total. The molecule has 0 aliphatic carbocycles. The Labute approximate surface area is 134 Å². The number of furan rings is 1. The van der Waals surface area contributed by atoms with Crippen LogP contribution in [0.15, 0.2) is 71.3 Å². The second-order valence-corrected chi connectivity index (χ2v) is 4.95. The highest BCUT2D eigenvalue weighted by Gasteiger charge is 2.08. The van der Waals surface area contributed by atoms with Crippen LogP contribution >= 0.6 is 12.4 Å². The van der Waals surface area contributed by atoms with E-state index in [2.05, 4.69) is 17.4 Å². The molecule has 0 unspecified atom stereocenters. The summed E-state index contributed by atoms with van der Waals surface area (Å²) in [5.41, 5.74) is 3.10. The number of nitrogens with zero attached hydrogens (tertiary/aromatic N) is 1. The third-order valence-corrected chi connectivity index (χ3v) is 3.61. The van der Waals surface area contributed by atoms with E-state index >= 15 is 0 Å². The molecule has 0 aliphatic rings. The number of benzene rings is 2. The summed E-state index contributed by atoms with van der Waals surface area (Å²) >= 11 is 0. The number of aromatic nitrogens is 1. The number of rotatable bonds is 3. The smallest absolute Gasteiger partial charge is 0.122 e. The molecule has 2 aromatic carbocycles. The van der Waals surface area contributed by atoms with Crippen LogP contribution in [-0.2, 0) is 6.54 Å². The van der Waals surface area contributed by atoms with Gasteiger partial charge in [0.05, 0.1) is 29.5 Å². The van der Waals surface area contributed by atoms with E-state index in [0.29, 0.717) is 6.54 Å². The summed E-state index contributed by atoms with van der Waals surface area (Å²) in [6.07, 6.45) is 1.69. The normalized spacial score (nSPS) is 10.5. The first-order valence-electron chi connectivity index (χ1n) is 6.95. The first-order chi connectivity index (χ1) is 10.4. The number of fused-ring (bicyclic) bond motifs is 2. The first-order valence-corrected chi connectivity index (χ1v) is 6.95. The van der Waals surface area contributed by atoms with E-state index in [0.717, 1.165) is 33.3 Å². The van der Waals surface area contributed by atoms with E-state index in [-0.39, 0.29) is 12.4 Å². The van der Waals surface area contributed by atoms with Crippen LogP contribution in [0.4, 0.5) is 5.69 Å². The lowest BCUT2D eigenvalue weighted by atomic mass is 10.1. The van der Waals surface area contributed by atoms with E-state index < -0.39 is 0 Å². The van der Waals surface area contributed by atoms with E-state index in [1.165, 1.54) is 0 Å². The van der Waals surface area contributed by atoms with Crippen LogP contribution in [0.5, 0.6) is 0 Å². The van der Waals surface area contributed by atoms with Crippen LogP contribution in [0.25, 0.3) is 21.8 Å². The van der Waals surface area contributed by atoms with E-state index in [9.17, 15) is 0 Å². The van der Waals surface area contributed by atoms with Crippen molar-refractivity contribution in [3.63, 3.8) is 0 Å². The second-order valence-electron chi connectivity index (χ2n) is 4.95. The molecule has 1 N–H and O–H groups in total. The maximum atomic E-state index is 5.40. The van der Waals surface area contributed by atoms with Crippen molar-refractivity contribution in [1.82, 2.24) is 4.98 Å². The molecule has 0 amide bonds. The highest BCUT2D eigenvalue weighted by atomic mass is 35.5. The van der Waals surface area contributed by atoms with Crippen molar-refractivity contribution >= 4 is 39.9 Å². The van der Waals surface area contributed by atoms with Gasteiger partial charge in [-0.3, -0.25) is 0 Å². The summed E-state index contributed by atoms with van der Waals surface area (Å²) in [4.78, 5) is 4.72. The van der Waals surface area contributed by atoms with Gasteiger partial charge in [-0.05, 0) is 24.3 Å². The molecule has 2 heterocycles. The molecule has 0 radical (unpaired) electrons. The average Bonchev–Trinajstić information content (AvgIpc) is 3.05. The van der Waals surface area contributed by atoms with Gasteiger partial charge >= 0.3 is 0 Å². The largest absolute Gasteiger partial charge is 0.467 e. The van der Waals surface area contributed by atoms with E-state index in [1.54, 1.807) is 6.26 Å². The summed E-state index contributed by atoms with van der Waals surface area (Å²) in [5, 5.41) is 5.75. The Hall–Kier alpha value is -2.52. The van der Waals surface area contributed by atoms with Crippen molar-refractivity contribution in [2.24, 2.45) is 0 Å². The van der Waals surface area contributed by atoms with Crippen LogP contribution in [0.1, 0.15) is 5.76 Å². The minimum absolute atomic E-state index is 0. The number of para-hydroxylation sites is 2. The Bertz CT molecular complexity index is 849.